The van der Waals surface area contributed by atoms with Crippen molar-refractivity contribution in [2.24, 2.45) is 11.8 Å². The van der Waals surface area contributed by atoms with Gasteiger partial charge in [0.15, 0.2) is 5.82 Å². The van der Waals surface area contributed by atoms with Crippen molar-refractivity contribution in [3.05, 3.63) is 27.7 Å². The van der Waals surface area contributed by atoms with Gasteiger partial charge in [-0.1, -0.05) is 0 Å². The Morgan fingerprint density at radius 1 is 1.17 bits per heavy atom. The molecule has 1 N–H and O–H groups in total. The lowest BCUT2D eigenvalue weighted by Gasteiger charge is -2.27. The molecule has 0 spiro atoms. The molecule has 24 heavy (non-hydrogen) atoms. The summed E-state index contributed by atoms with van der Waals surface area (Å²) in [6.45, 7) is 7.32. The van der Waals surface area contributed by atoms with Crippen LogP contribution in [-0.4, -0.2) is 36.5 Å². The third kappa shape index (κ3) is 2.40. The van der Waals surface area contributed by atoms with Gasteiger partial charge in [-0.05, 0) is 51.9 Å². The molecule has 3 heterocycles. The minimum Gasteiger partial charge on any atom is -0.329 e. The van der Waals surface area contributed by atoms with Crippen LogP contribution in [0.1, 0.15) is 49.4 Å². The lowest BCUT2D eigenvalue weighted by Crippen LogP contribution is -2.32. The molecule has 2 fully saturated rings. The largest absolute Gasteiger partial charge is 0.343 e. The van der Waals surface area contributed by atoms with E-state index in [0.29, 0.717) is 18.4 Å². The summed E-state index contributed by atoms with van der Waals surface area (Å²) in [5, 5.41) is 15.5. The van der Waals surface area contributed by atoms with Crippen LogP contribution < -0.4 is 10.6 Å². The molecule has 4 rings (SSSR count). The van der Waals surface area contributed by atoms with E-state index in [2.05, 4.69) is 30.3 Å². The Kier molecular flexibility index (Phi) is 3.62. The molecule has 1 aliphatic carbocycles. The molecule has 128 valence electrons. The van der Waals surface area contributed by atoms with Gasteiger partial charge < -0.3 is 4.90 Å². The first-order chi connectivity index (χ1) is 11.6. The monoisotopic (exact) mass is 329 g/mol. The van der Waals surface area contributed by atoms with E-state index in [1.54, 1.807) is 4.57 Å². The summed E-state index contributed by atoms with van der Waals surface area (Å²) in [5.74, 6) is 2.66. The highest BCUT2D eigenvalue weighted by atomic mass is 16.1. The van der Waals surface area contributed by atoms with E-state index >= 15 is 0 Å². The molecule has 1 saturated carbocycles. The zero-order valence-corrected chi connectivity index (χ0v) is 14.4. The number of anilines is 1. The maximum absolute atomic E-state index is 12.0. The maximum Gasteiger partial charge on any atom is 0.343 e. The predicted octanol–water partition coefficient (Wildman–Crippen LogP) is 1.37. The third-order valence-corrected chi connectivity index (χ3v) is 5.38. The fourth-order valence-corrected chi connectivity index (χ4v) is 3.82. The molecule has 2 aliphatic rings. The smallest absolute Gasteiger partial charge is 0.329 e. The molecule has 2 unspecified atom stereocenters. The molecule has 0 bridgehead atoms. The SMILES string of the molecule is CCn1c(C2C(C3CC3)CCN2c2nnc(C)c(C)n2)n[nH]c1=O. The Hall–Kier alpha value is -2.25. The van der Waals surface area contributed by atoms with Crippen molar-refractivity contribution >= 4 is 5.95 Å². The zero-order chi connectivity index (χ0) is 16.8. The molecular weight excluding hydrogens is 306 g/mol. The van der Waals surface area contributed by atoms with Gasteiger partial charge in [0, 0.05) is 13.1 Å². The number of hydrogen-bond acceptors (Lipinski definition) is 6. The van der Waals surface area contributed by atoms with E-state index < -0.39 is 0 Å². The van der Waals surface area contributed by atoms with Gasteiger partial charge in [-0.2, -0.15) is 10.2 Å². The summed E-state index contributed by atoms with van der Waals surface area (Å²) < 4.78 is 1.73. The van der Waals surface area contributed by atoms with Gasteiger partial charge in [0.2, 0.25) is 5.95 Å². The van der Waals surface area contributed by atoms with Gasteiger partial charge in [0.1, 0.15) is 0 Å². The fourth-order valence-electron chi connectivity index (χ4n) is 3.82. The molecule has 2 aromatic heterocycles. The number of nitrogens with zero attached hydrogens (tertiary/aromatic N) is 6. The molecule has 2 atom stereocenters. The number of nitrogens with one attached hydrogen (secondary N) is 1. The van der Waals surface area contributed by atoms with Gasteiger partial charge >= 0.3 is 5.69 Å². The quantitative estimate of drug-likeness (QED) is 0.911. The van der Waals surface area contributed by atoms with E-state index in [1.165, 1.54) is 12.8 Å². The Morgan fingerprint density at radius 2 is 1.96 bits per heavy atom. The van der Waals surface area contributed by atoms with Crippen LogP contribution in [0.3, 0.4) is 0 Å². The first kappa shape index (κ1) is 15.3. The van der Waals surface area contributed by atoms with Crippen molar-refractivity contribution < 1.29 is 0 Å². The van der Waals surface area contributed by atoms with Crippen molar-refractivity contribution in [1.29, 1.82) is 0 Å². The van der Waals surface area contributed by atoms with Gasteiger partial charge in [0.05, 0.1) is 17.4 Å². The Morgan fingerprint density at radius 3 is 2.62 bits per heavy atom. The van der Waals surface area contributed by atoms with Crippen molar-refractivity contribution in [2.75, 3.05) is 11.4 Å². The topological polar surface area (TPSA) is 92.6 Å². The Bertz CT molecular complexity index is 807. The maximum atomic E-state index is 12.0. The average molecular weight is 329 g/mol. The highest BCUT2D eigenvalue weighted by Gasteiger charge is 2.47. The predicted molar refractivity (Wildman–Crippen MR) is 88.7 cm³/mol. The fraction of sp³-hybridized carbons (Fsp3) is 0.688. The number of hydrogen-bond donors (Lipinski definition) is 1. The summed E-state index contributed by atoms with van der Waals surface area (Å²) in [7, 11) is 0. The Balaban J connectivity index is 1.77. The van der Waals surface area contributed by atoms with Gasteiger partial charge in [0.25, 0.3) is 0 Å². The summed E-state index contributed by atoms with van der Waals surface area (Å²) in [5.41, 5.74) is 1.59. The van der Waals surface area contributed by atoms with E-state index in [9.17, 15) is 4.79 Å². The summed E-state index contributed by atoms with van der Waals surface area (Å²) in [4.78, 5) is 18.9. The molecule has 2 aromatic rings. The van der Waals surface area contributed by atoms with Crippen LogP contribution in [0.25, 0.3) is 0 Å². The van der Waals surface area contributed by atoms with Crippen molar-refractivity contribution in [2.45, 2.75) is 52.6 Å². The lowest BCUT2D eigenvalue weighted by atomic mass is 9.94. The van der Waals surface area contributed by atoms with Crippen molar-refractivity contribution in [1.82, 2.24) is 29.9 Å². The zero-order valence-electron chi connectivity index (χ0n) is 14.4. The van der Waals surface area contributed by atoms with Gasteiger partial charge in [-0.15, -0.1) is 5.10 Å². The van der Waals surface area contributed by atoms with E-state index in [0.717, 1.165) is 36.1 Å². The highest BCUT2D eigenvalue weighted by molar-refractivity contribution is 5.36. The van der Waals surface area contributed by atoms with Crippen molar-refractivity contribution in [3.8, 4) is 0 Å². The first-order valence-corrected chi connectivity index (χ1v) is 8.69. The van der Waals surface area contributed by atoms with E-state index in [1.807, 2.05) is 20.8 Å². The number of rotatable bonds is 4. The molecular formula is C16H23N7O. The summed E-state index contributed by atoms with van der Waals surface area (Å²) in [6.07, 6.45) is 3.61. The number of aromatic amines is 1. The van der Waals surface area contributed by atoms with E-state index in [4.69, 9.17) is 0 Å². The lowest BCUT2D eigenvalue weighted by molar-refractivity contribution is 0.400. The van der Waals surface area contributed by atoms with Crippen LogP contribution in [0.15, 0.2) is 4.79 Å². The normalized spacial score (nSPS) is 23.9. The minimum absolute atomic E-state index is 0.0420. The molecule has 1 aliphatic heterocycles. The molecule has 8 heteroatoms. The van der Waals surface area contributed by atoms with Crippen LogP contribution in [0, 0.1) is 25.7 Å². The second-order valence-corrected chi connectivity index (χ2v) is 6.84. The number of H-pyrrole nitrogens is 1. The summed E-state index contributed by atoms with van der Waals surface area (Å²) >= 11 is 0. The van der Waals surface area contributed by atoms with Crippen LogP contribution in [0.2, 0.25) is 0 Å². The van der Waals surface area contributed by atoms with Crippen molar-refractivity contribution in [3.63, 3.8) is 0 Å². The molecule has 8 nitrogen and oxygen atoms in total. The van der Waals surface area contributed by atoms with Crippen LogP contribution in [0.5, 0.6) is 0 Å². The minimum atomic E-state index is -0.145. The standard InChI is InChI=1S/C16H23N7O/c1-4-22-14(19-21-16(22)24)13-12(11-5-6-11)7-8-23(13)15-17-9(2)10(3)18-20-15/h11-13H,4-8H2,1-3H3,(H,21,24). The van der Waals surface area contributed by atoms with Crippen LogP contribution in [0.4, 0.5) is 5.95 Å². The highest BCUT2D eigenvalue weighted by Crippen LogP contribution is 2.50. The molecule has 0 radical (unpaired) electrons. The molecule has 0 amide bonds. The number of aryl methyl sites for hydroxylation is 2. The second-order valence-electron chi connectivity index (χ2n) is 6.84. The molecule has 0 aromatic carbocycles. The average Bonchev–Trinajstić information content (AvgIpc) is 3.22. The van der Waals surface area contributed by atoms with Gasteiger partial charge in [-0.25, -0.2) is 14.9 Å². The second kappa shape index (κ2) is 5.68. The number of aromatic nitrogens is 6. The Labute approximate surface area is 140 Å². The third-order valence-electron chi connectivity index (χ3n) is 5.38. The first-order valence-electron chi connectivity index (χ1n) is 8.69. The summed E-state index contributed by atoms with van der Waals surface area (Å²) in [6, 6.07) is 0.0420. The van der Waals surface area contributed by atoms with Crippen LogP contribution in [-0.2, 0) is 6.54 Å². The van der Waals surface area contributed by atoms with Crippen LogP contribution >= 0.6 is 0 Å². The molecule has 1 saturated heterocycles. The van der Waals surface area contributed by atoms with E-state index in [-0.39, 0.29) is 11.7 Å². The van der Waals surface area contributed by atoms with Gasteiger partial charge in [-0.3, -0.25) is 4.57 Å².